The number of aliphatic carboxylic acids is 1. The summed E-state index contributed by atoms with van der Waals surface area (Å²) in [5.41, 5.74) is 0.473. The number of thioether (sulfide) groups is 1. The summed E-state index contributed by atoms with van der Waals surface area (Å²) in [6, 6.07) is 5.27. The molecule has 1 heterocycles. The third-order valence-electron chi connectivity index (χ3n) is 1.96. The minimum atomic E-state index is -0.842. The number of nitrogens with zero attached hydrogens (tertiary/aromatic N) is 2. The summed E-state index contributed by atoms with van der Waals surface area (Å²) >= 11 is 1.20. The Bertz CT molecular complexity index is 409. The van der Waals surface area contributed by atoms with E-state index in [0.29, 0.717) is 10.6 Å². The number of hydrogen-bond acceptors (Lipinski definition) is 4. The first kappa shape index (κ1) is 12.5. The van der Waals surface area contributed by atoms with E-state index in [1.54, 1.807) is 12.1 Å². The molecule has 16 heavy (non-hydrogen) atoms. The van der Waals surface area contributed by atoms with Crippen LogP contribution < -0.4 is 0 Å². The van der Waals surface area contributed by atoms with E-state index in [1.807, 2.05) is 19.9 Å². The molecule has 0 aromatic carbocycles. The molecule has 0 spiro atoms. The molecule has 1 aromatic heterocycles. The highest BCUT2D eigenvalue weighted by atomic mass is 32.2. The number of carbonyl (C=O) groups is 1. The van der Waals surface area contributed by atoms with Crippen LogP contribution in [0.5, 0.6) is 0 Å². The average molecular weight is 236 g/mol. The number of nitriles is 1. The van der Waals surface area contributed by atoms with Crippen molar-refractivity contribution < 1.29 is 9.90 Å². The molecule has 84 valence electrons. The Morgan fingerprint density at radius 3 is 2.62 bits per heavy atom. The van der Waals surface area contributed by atoms with Crippen molar-refractivity contribution >= 4 is 17.7 Å². The van der Waals surface area contributed by atoms with Crippen LogP contribution in [0.3, 0.4) is 0 Å². The normalized spacial score (nSPS) is 12.1. The molecule has 0 aliphatic heterocycles. The molecule has 1 atom stereocenters. The molecule has 0 saturated heterocycles. The first-order chi connectivity index (χ1) is 7.54. The second-order valence-corrected chi connectivity index (χ2v) is 4.78. The third kappa shape index (κ3) is 3.24. The van der Waals surface area contributed by atoms with Gasteiger partial charge in [0.2, 0.25) is 0 Å². The van der Waals surface area contributed by atoms with Gasteiger partial charge in [-0.2, -0.15) is 5.26 Å². The van der Waals surface area contributed by atoms with Gasteiger partial charge in [-0.15, -0.1) is 0 Å². The van der Waals surface area contributed by atoms with Crippen LogP contribution >= 0.6 is 11.8 Å². The number of pyridine rings is 1. The van der Waals surface area contributed by atoms with E-state index in [0.717, 1.165) is 0 Å². The van der Waals surface area contributed by atoms with E-state index < -0.39 is 11.2 Å². The Morgan fingerprint density at radius 1 is 1.56 bits per heavy atom. The van der Waals surface area contributed by atoms with Crippen molar-refractivity contribution in [1.82, 2.24) is 4.98 Å². The summed E-state index contributed by atoms with van der Waals surface area (Å²) in [4.78, 5) is 15.0. The maximum absolute atomic E-state index is 11.0. The summed E-state index contributed by atoms with van der Waals surface area (Å²) in [7, 11) is 0. The van der Waals surface area contributed by atoms with Crippen LogP contribution in [0.4, 0.5) is 0 Å². The lowest BCUT2D eigenvalue weighted by Gasteiger charge is -2.14. The highest BCUT2D eigenvalue weighted by molar-refractivity contribution is 8.00. The van der Waals surface area contributed by atoms with Crippen molar-refractivity contribution in [3.8, 4) is 6.07 Å². The van der Waals surface area contributed by atoms with Crippen LogP contribution in [0.25, 0.3) is 0 Å². The van der Waals surface area contributed by atoms with Gasteiger partial charge in [-0.1, -0.05) is 25.6 Å². The molecule has 0 saturated carbocycles. The molecule has 0 aliphatic carbocycles. The fraction of sp³-hybridized carbons (Fsp3) is 0.364. The van der Waals surface area contributed by atoms with Crippen LogP contribution in [-0.2, 0) is 4.79 Å². The maximum Gasteiger partial charge on any atom is 0.317 e. The maximum atomic E-state index is 11.0. The van der Waals surface area contributed by atoms with E-state index in [-0.39, 0.29) is 5.92 Å². The topological polar surface area (TPSA) is 74.0 Å². The molecule has 1 rings (SSSR count). The lowest BCUT2D eigenvalue weighted by Crippen LogP contribution is -2.22. The first-order valence-corrected chi connectivity index (χ1v) is 5.68. The average Bonchev–Trinajstić information content (AvgIpc) is 2.25. The van der Waals surface area contributed by atoms with Gasteiger partial charge >= 0.3 is 5.97 Å². The van der Waals surface area contributed by atoms with E-state index in [4.69, 9.17) is 10.4 Å². The van der Waals surface area contributed by atoms with Crippen LogP contribution in [-0.4, -0.2) is 21.3 Å². The number of aromatic nitrogens is 1. The molecule has 0 bridgehead atoms. The van der Waals surface area contributed by atoms with Crippen LogP contribution in [0.1, 0.15) is 19.4 Å². The van der Waals surface area contributed by atoms with Gasteiger partial charge in [-0.25, -0.2) is 4.98 Å². The van der Waals surface area contributed by atoms with Crippen molar-refractivity contribution in [3.05, 3.63) is 23.9 Å². The van der Waals surface area contributed by atoms with E-state index in [9.17, 15) is 4.79 Å². The lowest BCUT2D eigenvalue weighted by atomic mass is 10.1. The number of carboxylic acids is 1. The van der Waals surface area contributed by atoms with Gasteiger partial charge in [0.1, 0.15) is 11.3 Å². The Morgan fingerprint density at radius 2 is 2.25 bits per heavy atom. The van der Waals surface area contributed by atoms with E-state index in [2.05, 4.69) is 4.98 Å². The fourth-order valence-corrected chi connectivity index (χ4v) is 2.01. The Labute approximate surface area is 98.3 Å². The van der Waals surface area contributed by atoms with Crippen LogP contribution in [0, 0.1) is 17.2 Å². The largest absolute Gasteiger partial charge is 0.480 e. The predicted octanol–water partition coefficient (Wildman–Crippen LogP) is 2.15. The van der Waals surface area contributed by atoms with Crippen molar-refractivity contribution in [2.45, 2.75) is 24.1 Å². The molecule has 5 heteroatoms. The molecule has 0 amide bonds. The SMILES string of the molecule is CC(C)C(Sc1ccc(C#N)cn1)C(=O)O. The van der Waals surface area contributed by atoms with Gasteiger partial charge in [0.15, 0.2) is 0 Å². The van der Waals surface area contributed by atoms with Crippen LogP contribution in [0.2, 0.25) is 0 Å². The quantitative estimate of drug-likeness (QED) is 0.811. The second kappa shape index (κ2) is 5.52. The van der Waals surface area contributed by atoms with Gasteiger partial charge in [0, 0.05) is 6.20 Å². The van der Waals surface area contributed by atoms with Crippen molar-refractivity contribution in [3.63, 3.8) is 0 Å². The highest BCUT2D eigenvalue weighted by Gasteiger charge is 2.23. The fourth-order valence-electron chi connectivity index (χ4n) is 1.12. The lowest BCUT2D eigenvalue weighted by molar-refractivity contribution is -0.137. The molecule has 0 radical (unpaired) electrons. The highest BCUT2D eigenvalue weighted by Crippen LogP contribution is 2.26. The van der Waals surface area contributed by atoms with Gasteiger partial charge in [0.05, 0.1) is 10.6 Å². The number of carboxylic acid groups (broad SMARTS) is 1. The molecule has 0 aliphatic rings. The molecule has 0 fully saturated rings. The van der Waals surface area contributed by atoms with E-state index in [1.165, 1.54) is 18.0 Å². The molecule has 4 nitrogen and oxygen atoms in total. The summed E-state index contributed by atoms with van der Waals surface area (Å²) in [6.45, 7) is 3.71. The Kier molecular flexibility index (Phi) is 4.32. The first-order valence-electron chi connectivity index (χ1n) is 4.80. The molecule has 1 N–H and O–H groups in total. The zero-order chi connectivity index (χ0) is 12.1. The molecular formula is C11H12N2O2S. The monoisotopic (exact) mass is 236 g/mol. The Hall–Kier alpha value is -1.54. The predicted molar refractivity (Wildman–Crippen MR) is 61.1 cm³/mol. The zero-order valence-electron chi connectivity index (χ0n) is 9.04. The minimum absolute atomic E-state index is 0.0277. The van der Waals surface area contributed by atoms with Crippen molar-refractivity contribution in [2.24, 2.45) is 5.92 Å². The molecular weight excluding hydrogens is 224 g/mol. The van der Waals surface area contributed by atoms with Crippen LogP contribution in [0.15, 0.2) is 23.4 Å². The summed E-state index contributed by atoms with van der Waals surface area (Å²) < 4.78 is 0. The molecule has 1 unspecified atom stereocenters. The summed E-state index contributed by atoms with van der Waals surface area (Å²) in [5.74, 6) is -0.814. The van der Waals surface area contributed by atoms with Crippen molar-refractivity contribution in [2.75, 3.05) is 0 Å². The van der Waals surface area contributed by atoms with Crippen molar-refractivity contribution in [1.29, 1.82) is 5.26 Å². The smallest absolute Gasteiger partial charge is 0.317 e. The summed E-state index contributed by atoms with van der Waals surface area (Å²) in [5, 5.41) is 17.7. The van der Waals surface area contributed by atoms with E-state index >= 15 is 0 Å². The van der Waals surface area contributed by atoms with Gasteiger partial charge in [-0.3, -0.25) is 4.79 Å². The number of rotatable bonds is 4. The standard InChI is InChI=1S/C11H12N2O2S/c1-7(2)10(11(14)15)16-9-4-3-8(5-12)6-13-9/h3-4,6-7,10H,1-2H3,(H,14,15). The summed E-state index contributed by atoms with van der Waals surface area (Å²) in [6.07, 6.45) is 1.45. The number of hydrogen-bond donors (Lipinski definition) is 1. The Balaban J connectivity index is 2.78. The van der Waals surface area contributed by atoms with Gasteiger partial charge in [-0.05, 0) is 18.1 Å². The minimum Gasteiger partial charge on any atom is -0.480 e. The zero-order valence-corrected chi connectivity index (χ0v) is 9.86. The second-order valence-electron chi connectivity index (χ2n) is 3.62. The van der Waals surface area contributed by atoms with Gasteiger partial charge < -0.3 is 5.11 Å². The third-order valence-corrected chi connectivity index (χ3v) is 3.44. The molecule has 1 aromatic rings. The van der Waals surface area contributed by atoms with Gasteiger partial charge in [0.25, 0.3) is 0 Å².